The van der Waals surface area contributed by atoms with Crippen LogP contribution in [0.15, 0.2) is 83.0 Å². The minimum atomic E-state index is -0.494. The van der Waals surface area contributed by atoms with Crippen LogP contribution in [0.2, 0.25) is 5.02 Å². The van der Waals surface area contributed by atoms with Crippen molar-refractivity contribution in [2.24, 2.45) is 0 Å². The van der Waals surface area contributed by atoms with Gasteiger partial charge in [-0.15, -0.1) is 0 Å². The SMILES string of the molecule is COc1ccccc1/C=C(/NC(=O)c1ccccc1Cl)C(=O)Nc1cccc(Br)c1. The number of halogens is 2. The average Bonchev–Trinajstić information content (AvgIpc) is 2.74. The van der Waals surface area contributed by atoms with Crippen molar-refractivity contribution in [3.63, 3.8) is 0 Å². The molecule has 3 aromatic carbocycles. The molecule has 0 aliphatic rings. The fraction of sp³-hybridized carbons (Fsp3) is 0.0435. The van der Waals surface area contributed by atoms with Crippen LogP contribution < -0.4 is 15.4 Å². The molecule has 7 heteroatoms. The molecule has 0 atom stereocenters. The first-order chi connectivity index (χ1) is 14.5. The Hall–Kier alpha value is -3.09. The van der Waals surface area contributed by atoms with Crippen molar-refractivity contribution < 1.29 is 14.3 Å². The van der Waals surface area contributed by atoms with E-state index in [0.717, 1.165) is 4.47 Å². The zero-order valence-corrected chi connectivity index (χ0v) is 18.3. The van der Waals surface area contributed by atoms with Crippen molar-refractivity contribution in [1.29, 1.82) is 0 Å². The van der Waals surface area contributed by atoms with E-state index in [1.54, 1.807) is 60.7 Å². The van der Waals surface area contributed by atoms with Crippen molar-refractivity contribution >= 4 is 51.1 Å². The molecule has 30 heavy (non-hydrogen) atoms. The van der Waals surface area contributed by atoms with Gasteiger partial charge in [0.15, 0.2) is 0 Å². The maximum absolute atomic E-state index is 13.0. The van der Waals surface area contributed by atoms with Gasteiger partial charge < -0.3 is 15.4 Å². The summed E-state index contributed by atoms with van der Waals surface area (Å²) in [6.45, 7) is 0. The summed E-state index contributed by atoms with van der Waals surface area (Å²) in [5, 5.41) is 5.74. The van der Waals surface area contributed by atoms with Crippen LogP contribution in [0, 0.1) is 0 Å². The lowest BCUT2D eigenvalue weighted by atomic mass is 10.1. The second-order valence-corrected chi connectivity index (χ2v) is 7.52. The topological polar surface area (TPSA) is 67.4 Å². The molecule has 3 aromatic rings. The zero-order valence-electron chi connectivity index (χ0n) is 16.0. The molecule has 0 radical (unpaired) electrons. The van der Waals surface area contributed by atoms with Crippen LogP contribution in [0.25, 0.3) is 6.08 Å². The highest BCUT2D eigenvalue weighted by Gasteiger charge is 2.17. The normalized spacial score (nSPS) is 11.0. The second-order valence-electron chi connectivity index (χ2n) is 6.20. The van der Waals surface area contributed by atoms with Gasteiger partial charge in [-0.1, -0.05) is 63.9 Å². The molecule has 0 unspecified atom stereocenters. The lowest BCUT2D eigenvalue weighted by Gasteiger charge is -2.13. The van der Waals surface area contributed by atoms with Crippen LogP contribution in [-0.4, -0.2) is 18.9 Å². The molecule has 0 saturated carbocycles. The van der Waals surface area contributed by atoms with Crippen molar-refractivity contribution in [2.45, 2.75) is 0 Å². The molecule has 0 heterocycles. The smallest absolute Gasteiger partial charge is 0.272 e. The lowest BCUT2D eigenvalue weighted by molar-refractivity contribution is -0.113. The third-order valence-corrected chi connectivity index (χ3v) is 4.96. The molecule has 0 bridgehead atoms. The Morgan fingerprint density at radius 1 is 1.00 bits per heavy atom. The van der Waals surface area contributed by atoms with E-state index in [2.05, 4.69) is 26.6 Å². The summed E-state index contributed by atoms with van der Waals surface area (Å²) in [4.78, 5) is 25.8. The van der Waals surface area contributed by atoms with Crippen LogP contribution in [0.1, 0.15) is 15.9 Å². The number of carbonyl (C=O) groups excluding carboxylic acids is 2. The highest BCUT2D eigenvalue weighted by molar-refractivity contribution is 9.10. The minimum absolute atomic E-state index is 0.0457. The third-order valence-electron chi connectivity index (χ3n) is 4.13. The van der Waals surface area contributed by atoms with Crippen molar-refractivity contribution in [1.82, 2.24) is 5.32 Å². The molecular weight excluding hydrogens is 468 g/mol. The van der Waals surface area contributed by atoms with Crippen LogP contribution in [0.3, 0.4) is 0 Å². The zero-order chi connectivity index (χ0) is 21.5. The lowest BCUT2D eigenvalue weighted by Crippen LogP contribution is -2.31. The van der Waals surface area contributed by atoms with E-state index in [9.17, 15) is 9.59 Å². The second kappa shape index (κ2) is 10.1. The van der Waals surface area contributed by atoms with Crippen LogP contribution in [0.4, 0.5) is 5.69 Å². The molecule has 3 rings (SSSR count). The monoisotopic (exact) mass is 484 g/mol. The summed E-state index contributed by atoms with van der Waals surface area (Å²) in [5.41, 5.74) is 1.52. The first kappa shape index (κ1) is 21.6. The standard InChI is InChI=1S/C23H18BrClN2O3/c1-30-21-12-5-2-7-15(21)13-20(23(29)26-17-9-6-8-16(24)14-17)27-22(28)18-10-3-4-11-19(18)25/h2-14H,1H3,(H,26,29)(H,27,28)/b20-13+. The first-order valence-corrected chi connectivity index (χ1v) is 10.1. The Balaban J connectivity index is 1.95. The Bertz CT molecular complexity index is 1110. The van der Waals surface area contributed by atoms with E-state index in [4.69, 9.17) is 16.3 Å². The number of carbonyl (C=O) groups is 2. The van der Waals surface area contributed by atoms with E-state index >= 15 is 0 Å². The van der Waals surface area contributed by atoms with Crippen LogP contribution in [-0.2, 0) is 4.79 Å². The van der Waals surface area contributed by atoms with Gasteiger partial charge in [0.25, 0.3) is 11.8 Å². The van der Waals surface area contributed by atoms with Gasteiger partial charge in [-0.25, -0.2) is 0 Å². The van der Waals surface area contributed by atoms with Gasteiger partial charge in [-0.2, -0.15) is 0 Å². The van der Waals surface area contributed by atoms with Gasteiger partial charge in [0.2, 0.25) is 0 Å². The van der Waals surface area contributed by atoms with Crippen molar-refractivity contribution in [3.8, 4) is 5.75 Å². The van der Waals surface area contributed by atoms with Gasteiger partial charge >= 0.3 is 0 Å². The number of rotatable bonds is 6. The molecule has 0 fully saturated rings. The Labute approximate surface area is 187 Å². The largest absolute Gasteiger partial charge is 0.496 e. The number of hydrogen-bond acceptors (Lipinski definition) is 3. The van der Waals surface area contributed by atoms with E-state index in [0.29, 0.717) is 22.0 Å². The number of amides is 2. The van der Waals surface area contributed by atoms with E-state index < -0.39 is 11.8 Å². The molecule has 0 saturated heterocycles. The van der Waals surface area contributed by atoms with Gasteiger partial charge in [0.05, 0.1) is 17.7 Å². The predicted molar refractivity (Wildman–Crippen MR) is 123 cm³/mol. The molecular formula is C23H18BrClN2O3. The molecule has 0 aliphatic heterocycles. The summed E-state index contributed by atoms with van der Waals surface area (Å²) < 4.78 is 6.17. The van der Waals surface area contributed by atoms with E-state index in [1.807, 2.05) is 18.2 Å². The van der Waals surface area contributed by atoms with Crippen LogP contribution in [0.5, 0.6) is 5.75 Å². The first-order valence-electron chi connectivity index (χ1n) is 8.95. The summed E-state index contributed by atoms with van der Waals surface area (Å²) in [5.74, 6) is -0.414. The van der Waals surface area contributed by atoms with Crippen molar-refractivity contribution in [2.75, 3.05) is 12.4 Å². The van der Waals surface area contributed by atoms with E-state index in [1.165, 1.54) is 7.11 Å². The molecule has 0 spiro atoms. The molecule has 152 valence electrons. The molecule has 2 amide bonds. The Morgan fingerprint density at radius 2 is 1.73 bits per heavy atom. The molecule has 5 nitrogen and oxygen atoms in total. The fourth-order valence-electron chi connectivity index (χ4n) is 2.70. The van der Waals surface area contributed by atoms with Gasteiger partial charge in [0.1, 0.15) is 11.4 Å². The fourth-order valence-corrected chi connectivity index (χ4v) is 3.32. The van der Waals surface area contributed by atoms with Crippen LogP contribution >= 0.6 is 27.5 Å². The maximum Gasteiger partial charge on any atom is 0.272 e. The van der Waals surface area contributed by atoms with Crippen molar-refractivity contribution in [3.05, 3.63) is 99.1 Å². The molecule has 0 aromatic heterocycles. The molecule has 2 N–H and O–H groups in total. The highest BCUT2D eigenvalue weighted by atomic mass is 79.9. The number of para-hydroxylation sites is 1. The summed E-state index contributed by atoms with van der Waals surface area (Å²) in [7, 11) is 1.54. The quantitative estimate of drug-likeness (QED) is 0.452. The van der Waals surface area contributed by atoms with Gasteiger partial charge in [0, 0.05) is 15.7 Å². The third kappa shape index (κ3) is 5.49. The summed E-state index contributed by atoms with van der Waals surface area (Å²) >= 11 is 9.50. The maximum atomic E-state index is 13.0. The number of benzene rings is 3. The van der Waals surface area contributed by atoms with Gasteiger partial charge in [-0.3, -0.25) is 9.59 Å². The number of methoxy groups -OCH3 is 1. The predicted octanol–water partition coefficient (Wildman–Crippen LogP) is 5.52. The summed E-state index contributed by atoms with van der Waals surface area (Å²) in [6, 6.07) is 21.0. The molecule has 0 aliphatic carbocycles. The number of nitrogens with one attached hydrogen (secondary N) is 2. The summed E-state index contributed by atoms with van der Waals surface area (Å²) in [6.07, 6.45) is 1.56. The average molecular weight is 486 g/mol. The number of hydrogen-bond donors (Lipinski definition) is 2. The van der Waals surface area contributed by atoms with E-state index in [-0.39, 0.29) is 11.3 Å². The number of anilines is 1. The Kier molecular flexibility index (Phi) is 7.27. The number of ether oxygens (including phenoxy) is 1. The Morgan fingerprint density at radius 3 is 2.47 bits per heavy atom. The highest BCUT2D eigenvalue weighted by Crippen LogP contribution is 2.22. The van der Waals surface area contributed by atoms with Gasteiger partial charge in [-0.05, 0) is 42.5 Å². The minimum Gasteiger partial charge on any atom is -0.496 e.